The van der Waals surface area contributed by atoms with Gasteiger partial charge in [0.15, 0.2) is 0 Å². The van der Waals surface area contributed by atoms with Crippen LogP contribution in [-0.2, 0) is 16.1 Å². The molecule has 1 aromatic heterocycles. The van der Waals surface area contributed by atoms with Crippen molar-refractivity contribution in [2.75, 3.05) is 7.11 Å². The number of carboxylic acids is 1. The summed E-state index contributed by atoms with van der Waals surface area (Å²) in [7, 11) is 1.61. The number of nitrogens with zero attached hydrogens (tertiary/aromatic N) is 2. The summed E-state index contributed by atoms with van der Waals surface area (Å²) in [6.45, 7) is 0.283. The van der Waals surface area contributed by atoms with E-state index >= 15 is 0 Å². The van der Waals surface area contributed by atoms with Crippen molar-refractivity contribution in [3.63, 3.8) is 0 Å². The van der Waals surface area contributed by atoms with E-state index in [9.17, 15) is 9.59 Å². The van der Waals surface area contributed by atoms with Crippen molar-refractivity contribution < 1.29 is 19.4 Å². The molecule has 1 saturated carbocycles. The molecule has 2 atom stereocenters. The number of hydrogen-bond donors (Lipinski definition) is 2. The second kappa shape index (κ2) is 6.12. The van der Waals surface area contributed by atoms with Gasteiger partial charge in [0.05, 0.1) is 36.9 Å². The third kappa shape index (κ3) is 3.33. The predicted molar refractivity (Wildman–Crippen MR) is 81.2 cm³/mol. The molecular weight excluding hydrogens is 298 g/mol. The fourth-order valence-corrected chi connectivity index (χ4v) is 2.40. The van der Waals surface area contributed by atoms with Crippen LogP contribution < -0.4 is 10.1 Å². The van der Waals surface area contributed by atoms with Crippen LogP contribution in [-0.4, -0.2) is 33.9 Å². The normalized spacial score (nSPS) is 19.2. The number of amides is 1. The van der Waals surface area contributed by atoms with Gasteiger partial charge in [-0.2, -0.15) is 5.10 Å². The molecule has 0 saturated heterocycles. The van der Waals surface area contributed by atoms with E-state index in [0.717, 1.165) is 11.4 Å². The lowest BCUT2D eigenvalue weighted by Crippen LogP contribution is -2.26. The fraction of sp³-hybridized carbons (Fsp3) is 0.312. The maximum Gasteiger partial charge on any atom is 0.307 e. The molecule has 7 heteroatoms. The van der Waals surface area contributed by atoms with Crippen molar-refractivity contribution in [3.05, 3.63) is 42.2 Å². The van der Waals surface area contributed by atoms with Crippen molar-refractivity contribution in [2.24, 2.45) is 11.8 Å². The monoisotopic (exact) mass is 315 g/mol. The van der Waals surface area contributed by atoms with E-state index in [0.29, 0.717) is 12.1 Å². The summed E-state index contributed by atoms with van der Waals surface area (Å²) in [5.74, 6) is -1.31. The first kappa shape index (κ1) is 15.1. The van der Waals surface area contributed by atoms with Crippen LogP contribution in [0.5, 0.6) is 5.75 Å². The summed E-state index contributed by atoms with van der Waals surface area (Å²) < 4.78 is 6.82. The molecule has 0 spiro atoms. The Morgan fingerprint density at radius 3 is 2.65 bits per heavy atom. The average molecular weight is 315 g/mol. The second-order valence-electron chi connectivity index (χ2n) is 5.45. The van der Waals surface area contributed by atoms with Gasteiger partial charge in [-0.1, -0.05) is 0 Å². The Labute approximate surface area is 132 Å². The maximum absolute atomic E-state index is 11.8. The number of hydrogen-bond acceptors (Lipinski definition) is 4. The SMILES string of the molecule is COc1ccc(-n2ccc(CNC(=O)C3CC3C(=O)O)n2)cc1. The molecule has 1 heterocycles. The summed E-state index contributed by atoms with van der Waals surface area (Å²) in [4.78, 5) is 22.6. The molecule has 0 bridgehead atoms. The number of methoxy groups -OCH3 is 1. The second-order valence-corrected chi connectivity index (χ2v) is 5.45. The average Bonchev–Trinajstić information content (AvgIpc) is 3.24. The highest BCUT2D eigenvalue weighted by molar-refractivity contribution is 5.89. The molecule has 1 aliphatic carbocycles. The number of benzene rings is 1. The summed E-state index contributed by atoms with van der Waals surface area (Å²) in [6, 6.07) is 9.27. The minimum absolute atomic E-state index is 0.226. The van der Waals surface area contributed by atoms with E-state index < -0.39 is 17.8 Å². The van der Waals surface area contributed by atoms with Crippen molar-refractivity contribution in [1.29, 1.82) is 0 Å². The fourth-order valence-electron chi connectivity index (χ4n) is 2.40. The summed E-state index contributed by atoms with van der Waals surface area (Å²) in [5, 5.41) is 15.9. The van der Waals surface area contributed by atoms with Gasteiger partial charge in [0.25, 0.3) is 0 Å². The molecule has 0 aliphatic heterocycles. The highest BCUT2D eigenvalue weighted by Gasteiger charge is 2.48. The number of carbonyl (C=O) groups is 2. The van der Waals surface area contributed by atoms with Gasteiger partial charge >= 0.3 is 5.97 Å². The number of aromatic nitrogens is 2. The first-order valence-corrected chi connectivity index (χ1v) is 7.28. The number of nitrogens with one attached hydrogen (secondary N) is 1. The Bertz CT molecular complexity index is 723. The van der Waals surface area contributed by atoms with Gasteiger partial charge in [-0.15, -0.1) is 0 Å². The summed E-state index contributed by atoms with van der Waals surface area (Å²) >= 11 is 0. The molecule has 0 radical (unpaired) electrons. The Kier molecular flexibility index (Phi) is 4.01. The largest absolute Gasteiger partial charge is 0.497 e. The first-order valence-electron chi connectivity index (χ1n) is 7.28. The molecule has 2 aromatic rings. The Morgan fingerprint density at radius 1 is 1.30 bits per heavy atom. The van der Waals surface area contributed by atoms with E-state index in [1.54, 1.807) is 18.0 Å². The van der Waals surface area contributed by atoms with E-state index in [1.807, 2.05) is 30.3 Å². The van der Waals surface area contributed by atoms with Gasteiger partial charge in [0.2, 0.25) is 5.91 Å². The standard InChI is InChI=1S/C16H17N3O4/c1-23-12-4-2-11(3-5-12)19-7-6-10(18-19)9-17-15(20)13-8-14(13)16(21)22/h2-7,13-14H,8-9H2,1H3,(H,17,20)(H,21,22). The van der Waals surface area contributed by atoms with Crippen LogP contribution in [0.2, 0.25) is 0 Å². The van der Waals surface area contributed by atoms with Crippen molar-refractivity contribution >= 4 is 11.9 Å². The van der Waals surface area contributed by atoms with Crippen LogP contribution in [0.1, 0.15) is 12.1 Å². The lowest BCUT2D eigenvalue weighted by Gasteiger charge is -2.04. The molecule has 1 amide bonds. The summed E-state index contributed by atoms with van der Waals surface area (Å²) in [6.07, 6.45) is 2.22. The van der Waals surface area contributed by atoms with Gasteiger partial charge < -0.3 is 15.2 Å². The van der Waals surface area contributed by atoms with Crippen LogP contribution >= 0.6 is 0 Å². The third-order valence-corrected chi connectivity index (χ3v) is 3.87. The highest BCUT2D eigenvalue weighted by Crippen LogP contribution is 2.38. The van der Waals surface area contributed by atoms with Crippen molar-refractivity contribution in [2.45, 2.75) is 13.0 Å². The van der Waals surface area contributed by atoms with Gasteiger partial charge in [-0.05, 0) is 36.8 Å². The van der Waals surface area contributed by atoms with Crippen molar-refractivity contribution in [1.82, 2.24) is 15.1 Å². The molecule has 1 aliphatic rings. The minimum Gasteiger partial charge on any atom is -0.497 e. The third-order valence-electron chi connectivity index (χ3n) is 3.87. The van der Waals surface area contributed by atoms with Crippen LogP contribution in [0.4, 0.5) is 0 Å². The van der Waals surface area contributed by atoms with Gasteiger partial charge in [-0.25, -0.2) is 4.68 Å². The molecule has 23 heavy (non-hydrogen) atoms. The number of ether oxygens (including phenoxy) is 1. The van der Waals surface area contributed by atoms with Gasteiger partial charge in [0.1, 0.15) is 5.75 Å². The Morgan fingerprint density at radius 2 is 2.04 bits per heavy atom. The zero-order valence-electron chi connectivity index (χ0n) is 12.6. The lowest BCUT2D eigenvalue weighted by molar-refractivity contribution is -0.140. The van der Waals surface area contributed by atoms with Crippen LogP contribution in [0.3, 0.4) is 0 Å². The van der Waals surface area contributed by atoms with E-state index in [4.69, 9.17) is 9.84 Å². The molecule has 1 fully saturated rings. The number of carbonyl (C=O) groups excluding carboxylic acids is 1. The van der Waals surface area contributed by atoms with E-state index in [-0.39, 0.29) is 12.5 Å². The lowest BCUT2D eigenvalue weighted by atomic mass is 10.3. The smallest absolute Gasteiger partial charge is 0.307 e. The highest BCUT2D eigenvalue weighted by atomic mass is 16.5. The Hall–Kier alpha value is -2.83. The number of carboxylic acid groups (broad SMARTS) is 1. The minimum atomic E-state index is -0.908. The molecule has 2 N–H and O–H groups in total. The molecule has 120 valence electrons. The van der Waals surface area contributed by atoms with Crippen LogP contribution in [0.25, 0.3) is 5.69 Å². The van der Waals surface area contributed by atoms with E-state index in [2.05, 4.69) is 10.4 Å². The maximum atomic E-state index is 11.8. The summed E-state index contributed by atoms with van der Waals surface area (Å²) in [5.41, 5.74) is 1.60. The Balaban J connectivity index is 1.57. The molecule has 7 nitrogen and oxygen atoms in total. The zero-order valence-corrected chi connectivity index (χ0v) is 12.6. The van der Waals surface area contributed by atoms with Gasteiger partial charge in [-0.3, -0.25) is 9.59 Å². The van der Waals surface area contributed by atoms with Crippen LogP contribution in [0, 0.1) is 11.8 Å². The van der Waals surface area contributed by atoms with E-state index in [1.165, 1.54) is 0 Å². The molecule has 1 aromatic carbocycles. The number of rotatable bonds is 6. The molecular formula is C16H17N3O4. The topological polar surface area (TPSA) is 93.5 Å². The first-order chi connectivity index (χ1) is 11.1. The zero-order chi connectivity index (χ0) is 16.4. The van der Waals surface area contributed by atoms with Gasteiger partial charge in [0, 0.05) is 6.20 Å². The molecule has 2 unspecified atom stereocenters. The van der Waals surface area contributed by atoms with Crippen molar-refractivity contribution in [3.8, 4) is 11.4 Å². The van der Waals surface area contributed by atoms with Crippen LogP contribution in [0.15, 0.2) is 36.5 Å². The number of aliphatic carboxylic acids is 1. The predicted octanol–water partition coefficient (Wildman–Crippen LogP) is 1.22. The molecule has 3 rings (SSSR count). The quantitative estimate of drug-likeness (QED) is 0.836.